The zero-order valence-corrected chi connectivity index (χ0v) is 11.9. The number of rotatable bonds is 4. The van der Waals surface area contributed by atoms with Gasteiger partial charge in [-0.25, -0.2) is 0 Å². The van der Waals surface area contributed by atoms with Crippen molar-refractivity contribution in [3.05, 3.63) is 21.9 Å². The molecular weight excluding hydrogens is 264 g/mol. The summed E-state index contributed by atoms with van der Waals surface area (Å²) in [6.45, 7) is 5.32. The minimum absolute atomic E-state index is 0.0640. The molecule has 2 N–H and O–H groups in total. The van der Waals surface area contributed by atoms with Crippen LogP contribution in [0.5, 0.6) is 0 Å². The van der Waals surface area contributed by atoms with Crippen LogP contribution in [-0.4, -0.2) is 41.0 Å². The Morgan fingerprint density at radius 3 is 2.95 bits per heavy atom. The second-order valence-corrected chi connectivity index (χ2v) is 6.09. The summed E-state index contributed by atoms with van der Waals surface area (Å²) in [6.07, 6.45) is -0.152. The lowest BCUT2D eigenvalue weighted by molar-refractivity contribution is -0.143. The van der Waals surface area contributed by atoms with Crippen LogP contribution in [0, 0.1) is 6.92 Å². The molecule has 1 saturated heterocycles. The second kappa shape index (κ2) is 5.71. The van der Waals surface area contributed by atoms with Crippen molar-refractivity contribution in [3.8, 4) is 0 Å². The molecule has 2 unspecified atom stereocenters. The van der Waals surface area contributed by atoms with Crippen LogP contribution < -0.4 is 5.32 Å². The van der Waals surface area contributed by atoms with Crippen LogP contribution in [0.15, 0.2) is 12.1 Å². The Balaban J connectivity index is 2.19. The molecule has 0 spiro atoms. The van der Waals surface area contributed by atoms with Crippen LogP contribution in [0.25, 0.3) is 0 Å². The maximum Gasteiger partial charge on any atom is 0.305 e. The molecule has 0 bridgehead atoms. The Morgan fingerprint density at radius 1 is 1.63 bits per heavy atom. The van der Waals surface area contributed by atoms with E-state index >= 15 is 0 Å². The molecule has 2 atom stereocenters. The fourth-order valence-electron chi connectivity index (χ4n) is 2.41. The van der Waals surface area contributed by atoms with Gasteiger partial charge in [0, 0.05) is 28.9 Å². The summed E-state index contributed by atoms with van der Waals surface area (Å²) in [5.74, 6) is -1.13. The Morgan fingerprint density at radius 2 is 2.37 bits per heavy atom. The summed E-state index contributed by atoms with van der Waals surface area (Å²) in [4.78, 5) is 27.2. The summed E-state index contributed by atoms with van der Waals surface area (Å²) in [5.41, 5.74) is 0. The number of nitrogens with one attached hydrogen (secondary N) is 1. The number of carbonyl (C=O) groups is 2. The number of carboxylic acids is 1. The van der Waals surface area contributed by atoms with Gasteiger partial charge in [0.15, 0.2) is 0 Å². The molecule has 5 nitrogen and oxygen atoms in total. The van der Waals surface area contributed by atoms with E-state index in [9.17, 15) is 9.59 Å². The molecule has 2 heterocycles. The number of carboxylic acid groups (broad SMARTS) is 1. The van der Waals surface area contributed by atoms with Gasteiger partial charge in [0.25, 0.3) is 0 Å². The average Bonchev–Trinajstić information content (AvgIpc) is 2.77. The lowest BCUT2D eigenvalue weighted by Gasteiger charge is -2.38. The monoisotopic (exact) mass is 282 g/mol. The smallest absolute Gasteiger partial charge is 0.305 e. The van der Waals surface area contributed by atoms with Gasteiger partial charge in [0.05, 0.1) is 6.42 Å². The highest BCUT2D eigenvalue weighted by atomic mass is 32.1. The molecule has 19 heavy (non-hydrogen) atoms. The molecule has 1 aliphatic rings. The maximum absolute atomic E-state index is 11.9. The van der Waals surface area contributed by atoms with E-state index in [1.54, 1.807) is 11.3 Å². The number of carbonyl (C=O) groups excluding carboxylic acids is 1. The number of hydrogen-bond donors (Lipinski definition) is 2. The average molecular weight is 282 g/mol. The van der Waals surface area contributed by atoms with Crippen molar-refractivity contribution < 1.29 is 14.7 Å². The topological polar surface area (TPSA) is 69.6 Å². The van der Waals surface area contributed by atoms with Gasteiger partial charge in [-0.1, -0.05) is 0 Å². The number of amides is 1. The van der Waals surface area contributed by atoms with Gasteiger partial charge in [-0.15, -0.1) is 11.3 Å². The Hall–Kier alpha value is -1.40. The second-order valence-electron chi connectivity index (χ2n) is 4.77. The van der Waals surface area contributed by atoms with E-state index in [1.807, 2.05) is 24.8 Å². The number of piperazine rings is 1. The van der Waals surface area contributed by atoms with Gasteiger partial charge in [0.1, 0.15) is 6.04 Å². The quantitative estimate of drug-likeness (QED) is 0.875. The largest absolute Gasteiger partial charge is 0.481 e. The molecule has 0 aliphatic carbocycles. The fraction of sp³-hybridized carbons (Fsp3) is 0.538. The first-order valence-electron chi connectivity index (χ1n) is 6.30. The predicted octanol–water partition coefficient (Wildman–Crippen LogP) is 1.39. The van der Waals surface area contributed by atoms with Crippen molar-refractivity contribution in [3.63, 3.8) is 0 Å². The van der Waals surface area contributed by atoms with Crippen molar-refractivity contribution in [1.82, 2.24) is 10.2 Å². The molecule has 6 heteroatoms. The van der Waals surface area contributed by atoms with Gasteiger partial charge in [-0.3, -0.25) is 14.5 Å². The molecule has 0 radical (unpaired) electrons. The van der Waals surface area contributed by atoms with E-state index < -0.39 is 12.0 Å². The summed E-state index contributed by atoms with van der Waals surface area (Å²) in [7, 11) is 0. The highest BCUT2D eigenvalue weighted by Crippen LogP contribution is 2.30. The fourth-order valence-corrected chi connectivity index (χ4v) is 3.36. The normalized spacial score (nSPS) is 22.0. The third-order valence-corrected chi connectivity index (χ3v) is 4.58. The van der Waals surface area contributed by atoms with Crippen molar-refractivity contribution in [1.29, 1.82) is 0 Å². The first kappa shape index (κ1) is 14.0. The third kappa shape index (κ3) is 3.13. The number of aryl methyl sites for hydroxylation is 1. The summed E-state index contributed by atoms with van der Waals surface area (Å²) >= 11 is 1.69. The van der Waals surface area contributed by atoms with E-state index in [-0.39, 0.29) is 18.4 Å². The standard InChI is InChI=1S/C13H18N2O3S/c1-8-3-4-11(19-8)9(2)15-6-5-14-13(18)10(15)7-12(16)17/h3-4,9-10H,5-7H2,1-2H3,(H,14,18)(H,16,17). The van der Waals surface area contributed by atoms with Crippen molar-refractivity contribution in [2.75, 3.05) is 13.1 Å². The molecule has 2 rings (SSSR count). The zero-order chi connectivity index (χ0) is 14.0. The molecule has 0 saturated carbocycles. The minimum Gasteiger partial charge on any atom is -0.481 e. The first-order valence-corrected chi connectivity index (χ1v) is 7.12. The number of hydrogen-bond acceptors (Lipinski definition) is 4. The summed E-state index contributed by atoms with van der Waals surface area (Å²) in [6, 6.07) is 3.58. The SMILES string of the molecule is Cc1ccc(C(C)N2CCNC(=O)C2CC(=O)O)s1. The molecule has 104 valence electrons. The Kier molecular flexibility index (Phi) is 4.21. The van der Waals surface area contributed by atoms with Crippen LogP contribution in [-0.2, 0) is 9.59 Å². The molecule has 1 fully saturated rings. The Labute approximate surface area is 116 Å². The number of aliphatic carboxylic acids is 1. The zero-order valence-electron chi connectivity index (χ0n) is 11.0. The predicted molar refractivity (Wildman–Crippen MR) is 73.2 cm³/mol. The van der Waals surface area contributed by atoms with Gasteiger partial charge in [-0.05, 0) is 26.0 Å². The molecule has 1 amide bonds. The lowest BCUT2D eigenvalue weighted by Crippen LogP contribution is -2.56. The van der Waals surface area contributed by atoms with Crippen LogP contribution in [0.3, 0.4) is 0 Å². The van der Waals surface area contributed by atoms with Crippen molar-refractivity contribution in [2.45, 2.75) is 32.4 Å². The van der Waals surface area contributed by atoms with E-state index in [0.717, 1.165) is 0 Å². The number of nitrogens with zero attached hydrogens (tertiary/aromatic N) is 1. The highest BCUT2D eigenvalue weighted by Gasteiger charge is 2.35. The first-order chi connectivity index (χ1) is 8.99. The Bertz CT molecular complexity index is 486. The number of thiophene rings is 1. The highest BCUT2D eigenvalue weighted by molar-refractivity contribution is 7.12. The van der Waals surface area contributed by atoms with Crippen LogP contribution >= 0.6 is 11.3 Å². The van der Waals surface area contributed by atoms with Gasteiger partial charge in [0.2, 0.25) is 5.91 Å². The van der Waals surface area contributed by atoms with E-state index in [0.29, 0.717) is 13.1 Å². The molecule has 1 aliphatic heterocycles. The van der Waals surface area contributed by atoms with Gasteiger partial charge >= 0.3 is 5.97 Å². The van der Waals surface area contributed by atoms with Crippen LogP contribution in [0.2, 0.25) is 0 Å². The van der Waals surface area contributed by atoms with Crippen molar-refractivity contribution in [2.24, 2.45) is 0 Å². The molecule has 1 aromatic heterocycles. The van der Waals surface area contributed by atoms with Crippen molar-refractivity contribution >= 4 is 23.2 Å². The van der Waals surface area contributed by atoms with Crippen LogP contribution in [0.1, 0.15) is 29.1 Å². The lowest BCUT2D eigenvalue weighted by atomic mass is 10.1. The van der Waals surface area contributed by atoms with Crippen LogP contribution in [0.4, 0.5) is 0 Å². The maximum atomic E-state index is 11.9. The molecule has 0 aromatic carbocycles. The summed E-state index contributed by atoms with van der Waals surface area (Å²) in [5, 5.41) is 11.7. The van der Waals surface area contributed by atoms with Gasteiger partial charge < -0.3 is 10.4 Å². The summed E-state index contributed by atoms with van der Waals surface area (Å²) < 4.78 is 0. The molecule has 1 aromatic rings. The van der Waals surface area contributed by atoms with Gasteiger partial charge in [-0.2, -0.15) is 0 Å². The van der Waals surface area contributed by atoms with E-state index in [1.165, 1.54) is 9.75 Å². The van der Waals surface area contributed by atoms with E-state index in [4.69, 9.17) is 5.11 Å². The minimum atomic E-state index is -0.943. The van der Waals surface area contributed by atoms with E-state index in [2.05, 4.69) is 11.4 Å². The third-order valence-electron chi connectivity index (χ3n) is 3.41. The molecular formula is C13H18N2O3S.